The fourth-order valence-corrected chi connectivity index (χ4v) is 8.01. The number of hydrogen-bond acceptors (Lipinski definition) is 3. The molecule has 140 valence electrons. The van der Waals surface area contributed by atoms with E-state index < -0.39 is 8.32 Å². The molecule has 0 unspecified atom stereocenters. The van der Waals surface area contributed by atoms with Crippen LogP contribution in [0.4, 0.5) is 5.69 Å². The second kappa shape index (κ2) is 7.49. The van der Waals surface area contributed by atoms with E-state index in [0.717, 1.165) is 5.75 Å². The predicted molar refractivity (Wildman–Crippen MR) is 116 cm³/mol. The van der Waals surface area contributed by atoms with Crippen molar-refractivity contribution in [2.24, 2.45) is 0 Å². The van der Waals surface area contributed by atoms with Crippen LogP contribution in [0.25, 0.3) is 0 Å². The molecule has 0 atom stereocenters. The highest BCUT2D eigenvalue weighted by Crippen LogP contribution is 2.40. The number of ether oxygens (including phenoxy) is 1. The summed E-state index contributed by atoms with van der Waals surface area (Å²) >= 11 is 0. The van der Waals surface area contributed by atoms with Gasteiger partial charge < -0.3 is 14.9 Å². The minimum atomic E-state index is -2.68. The van der Waals surface area contributed by atoms with E-state index >= 15 is 0 Å². The molecule has 0 radical (unpaired) electrons. The molecule has 0 bridgehead atoms. The molecule has 3 aromatic rings. The Bertz CT molecular complexity index is 850. The molecule has 3 aromatic carbocycles. The minimum absolute atomic E-state index is 0.109. The lowest BCUT2D eigenvalue weighted by Crippen LogP contribution is -2.68. The van der Waals surface area contributed by atoms with Crippen molar-refractivity contribution in [3.8, 4) is 11.5 Å². The molecule has 0 aromatic heterocycles. The van der Waals surface area contributed by atoms with E-state index in [2.05, 4.69) is 69.3 Å². The third-order valence-electron chi connectivity index (χ3n) is 4.87. The molecule has 0 aliphatic carbocycles. The van der Waals surface area contributed by atoms with Gasteiger partial charge in [-0.25, -0.2) is 0 Å². The zero-order valence-electron chi connectivity index (χ0n) is 16.4. The molecule has 2 N–H and O–H groups in total. The van der Waals surface area contributed by atoms with E-state index in [9.17, 15) is 0 Å². The molecule has 0 spiro atoms. The van der Waals surface area contributed by atoms with Crippen molar-refractivity contribution in [2.75, 3.05) is 12.8 Å². The van der Waals surface area contributed by atoms with Crippen LogP contribution in [0.5, 0.6) is 11.5 Å². The summed E-state index contributed by atoms with van der Waals surface area (Å²) in [5, 5.41) is 2.34. The highest BCUT2D eigenvalue weighted by atomic mass is 28.4. The Labute approximate surface area is 162 Å². The standard InChI is InChI=1S/C23H27NO2Si/c1-23(2,3)27(19-11-7-5-8-12-19,20-13-9-6-10-14-20)26-21-16-15-18(24)17-22(21)25-4/h5-17H,24H2,1-4H3. The molecule has 0 heterocycles. The lowest BCUT2D eigenvalue weighted by atomic mass is 10.2. The average molecular weight is 378 g/mol. The van der Waals surface area contributed by atoms with E-state index in [1.807, 2.05) is 30.3 Å². The third kappa shape index (κ3) is 3.58. The first-order valence-corrected chi connectivity index (χ1v) is 11.0. The number of rotatable bonds is 5. The molecule has 4 heteroatoms. The maximum atomic E-state index is 6.97. The van der Waals surface area contributed by atoms with Crippen LogP contribution >= 0.6 is 0 Å². The van der Waals surface area contributed by atoms with Gasteiger partial charge in [-0.3, -0.25) is 0 Å². The Morgan fingerprint density at radius 3 is 1.70 bits per heavy atom. The topological polar surface area (TPSA) is 44.5 Å². The zero-order chi connectivity index (χ0) is 19.5. The summed E-state index contributed by atoms with van der Waals surface area (Å²) in [6, 6.07) is 26.7. The van der Waals surface area contributed by atoms with Crippen LogP contribution in [0.3, 0.4) is 0 Å². The SMILES string of the molecule is COc1cc(N)ccc1O[Si](c1ccccc1)(c1ccccc1)C(C)(C)C. The van der Waals surface area contributed by atoms with Crippen molar-refractivity contribution >= 4 is 24.4 Å². The van der Waals surface area contributed by atoms with Gasteiger partial charge in [-0.05, 0) is 27.5 Å². The predicted octanol–water partition coefficient (Wildman–Crippen LogP) is 4.22. The second-order valence-electron chi connectivity index (χ2n) is 7.68. The Hall–Kier alpha value is -2.72. The van der Waals surface area contributed by atoms with Crippen LogP contribution in [0.1, 0.15) is 20.8 Å². The summed E-state index contributed by atoms with van der Waals surface area (Å²) in [6.07, 6.45) is 0. The fourth-order valence-electron chi connectivity index (χ4n) is 3.58. The molecular weight excluding hydrogens is 350 g/mol. The van der Waals surface area contributed by atoms with Gasteiger partial charge in [-0.15, -0.1) is 0 Å². The van der Waals surface area contributed by atoms with Crippen molar-refractivity contribution in [3.63, 3.8) is 0 Å². The highest BCUT2D eigenvalue weighted by molar-refractivity contribution is 7.00. The summed E-state index contributed by atoms with van der Waals surface area (Å²) in [5.74, 6) is 1.38. The first-order valence-electron chi connectivity index (χ1n) is 9.12. The summed E-state index contributed by atoms with van der Waals surface area (Å²) in [4.78, 5) is 0. The molecule has 0 saturated heterocycles. The van der Waals surface area contributed by atoms with Crippen LogP contribution in [0.15, 0.2) is 78.9 Å². The quantitative estimate of drug-likeness (QED) is 0.535. The summed E-state index contributed by atoms with van der Waals surface area (Å²) in [6.45, 7) is 6.76. The minimum Gasteiger partial charge on any atom is -0.531 e. The maximum absolute atomic E-state index is 6.97. The van der Waals surface area contributed by atoms with Gasteiger partial charge in [0.05, 0.1) is 7.11 Å². The van der Waals surface area contributed by atoms with Gasteiger partial charge in [-0.2, -0.15) is 0 Å². The van der Waals surface area contributed by atoms with Crippen LogP contribution in [0.2, 0.25) is 5.04 Å². The van der Waals surface area contributed by atoms with Crippen molar-refractivity contribution in [1.82, 2.24) is 0 Å². The molecule has 0 saturated carbocycles. The molecular formula is C23H27NO2Si. The number of methoxy groups -OCH3 is 1. The van der Waals surface area contributed by atoms with Crippen LogP contribution in [0, 0.1) is 0 Å². The summed E-state index contributed by atoms with van der Waals surface area (Å²) in [7, 11) is -1.03. The Kier molecular flexibility index (Phi) is 5.28. The lowest BCUT2D eigenvalue weighted by molar-refractivity contribution is 0.389. The normalized spacial score (nSPS) is 11.9. The number of anilines is 1. The monoisotopic (exact) mass is 377 g/mol. The van der Waals surface area contributed by atoms with Gasteiger partial charge >= 0.3 is 8.32 Å². The Morgan fingerprint density at radius 2 is 1.26 bits per heavy atom. The van der Waals surface area contributed by atoms with E-state index in [1.165, 1.54) is 10.4 Å². The van der Waals surface area contributed by atoms with Gasteiger partial charge in [0.25, 0.3) is 0 Å². The molecule has 0 aliphatic heterocycles. The van der Waals surface area contributed by atoms with Gasteiger partial charge in [0, 0.05) is 11.8 Å². The van der Waals surface area contributed by atoms with E-state index in [1.54, 1.807) is 7.11 Å². The van der Waals surface area contributed by atoms with E-state index in [0.29, 0.717) is 11.4 Å². The first-order chi connectivity index (χ1) is 12.9. The highest BCUT2D eigenvalue weighted by Gasteiger charge is 2.52. The number of nitrogen functional groups attached to an aromatic ring is 1. The number of nitrogens with two attached hydrogens (primary N) is 1. The second-order valence-corrected chi connectivity index (χ2v) is 11.9. The lowest BCUT2D eigenvalue weighted by Gasteiger charge is -2.43. The third-order valence-corrected chi connectivity index (χ3v) is 9.80. The van der Waals surface area contributed by atoms with E-state index in [-0.39, 0.29) is 5.04 Å². The largest absolute Gasteiger partial charge is 0.531 e. The molecule has 0 amide bonds. The van der Waals surface area contributed by atoms with Gasteiger partial charge in [0.15, 0.2) is 5.75 Å². The maximum Gasteiger partial charge on any atom is 0.320 e. The first kappa shape index (κ1) is 19.0. The van der Waals surface area contributed by atoms with Crippen LogP contribution in [-0.4, -0.2) is 15.4 Å². The molecule has 27 heavy (non-hydrogen) atoms. The van der Waals surface area contributed by atoms with Gasteiger partial charge in [0.2, 0.25) is 0 Å². The van der Waals surface area contributed by atoms with E-state index in [4.69, 9.17) is 14.9 Å². The van der Waals surface area contributed by atoms with Crippen LogP contribution < -0.4 is 25.3 Å². The number of benzene rings is 3. The van der Waals surface area contributed by atoms with Crippen LogP contribution in [-0.2, 0) is 0 Å². The van der Waals surface area contributed by atoms with Crippen molar-refractivity contribution in [1.29, 1.82) is 0 Å². The van der Waals surface area contributed by atoms with Gasteiger partial charge in [0.1, 0.15) is 5.75 Å². The summed E-state index contributed by atoms with van der Waals surface area (Å²) < 4.78 is 12.5. The molecule has 3 rings (SSSR count). The van der Waals surface area contributed by atoms with Gasteiger partial charge in [-0.1, -0.05) is 81.4 Å². The fraction of sp³-hybridized carbons (Fsp3) is 0.217. The molecule has 0 aliphatic rings. The smallest absolute Gasteiger partial charge is 0.320 e. The zero-order valence-corrected chi connectivity index (χ0v) is 17.4. The molecule has 0 fully saturated rings. The average Bonchev–Trinajstić information content (AvgIpc) is 2.67. The van der Waals surface area contributed by atoms with Crippen molar-refractivity contribution < 1.29 is 9.16 Å². The summed E-state index contributed by atoms with van der Waals surface area (Å²) in [5.41, 5.74) is 6.60. The Morgan fingerprint density at radius 1 is 0.741 bits per heavy atom. The van der Waals surface area contributed by atoms with Crippen molar-refractivity contribution in [3.05, 3.63) is 78.9 Å². The molecule has 3 nitrogen and oxygen atoms in total. The van der Waals surface area contributed by atoms with Crippen molar-refractivity contribution in [2.45, 2.75) is 25.8 Å². The Balaban J connectivity index is 2.28. The number of hydrogen-bond donors (Lipinski definition) is 1.